The Bertz CT molecular complexity index is 185. The first kappa shape index (κ1) is 16.0. The van der Waals surface area contributed by atoms with Gasteiger partial charge in [0, 0.05) is 0 Å². The summed E-state index contributed by atoms with van der Waals surface area (Å²) in [6, 6.07) is 0. The van der Waals surface area contributed by atoms with Crippen LogP contribution in [-0.4, -0.2) is 26.4 Å². The summed E-state index contributed by atoms with van der Waals surface area (Å²) in [5, 5.41) is 18.3. The number of hydrogen-bond acceptors (Lipinski definition) is 2. The minimum atomic E-state index is -1.37. The molecule has 0 spiro atoms. The van der Waals surface area contributed by atoms with Gasteiger partial charge in [-0.25, -0.2) is 0 Å². The lowest BCUT2D eigenvalue weighted by Gasteiger charge is -2.11. The molecule has 0 fully saturated rings. The van der Waals surface area contributed by atoms with E-state index in [9.17, 15) is 0 Å². The van der Waals surface area contributed by atoms with E-state index in [0.717, 1.165) is 0 Å². The zero-order valence-corrected chi connectivity index (χ0v) is 12.3. The first-order valence-electron chi connectivity index (χ1n) is 4.65. The van der Waals surface area contributed by atoms with Crippen LogP contribution in [0.1, 0.15) is 0 Å². The van der Waals surface area contributed by atoms with Gasteiger partial charge in [-0.1, -0.05) is 52.4 Å². The molecule has 14 heavy (non-hydrogen) atoms. The molecule has 0 aliphatic heterocycles. The van der Waals surface area contributed by atoms with Gasteiger partial charge in [0.15, 0.2) is 0 Å². The molecule has 0 aromatic heterocycles. The summed E-state index contributed by atoms with van der Waals surface area (Å²) < 4.78 is 0. The van der Waals surface area contributed by atoms with E-state index >= 15 is 0 Å². The van der Waals surface area contributed by atoms with Crippen LogP contribution in [0.4, 0.5) is 0 Å². The van der Waals surface area contributed by atoms with Gasteiger partial charge in [0.25, 0.3) is 0 Å². The van der Waals surface area contributed by atoms with E-state index in [-0.39, 0.29) is 0 Å². The molecule has 0 radical (unpaired) electrons. The van der Waals surface area contributed by atoms with E-state index in [1.165, 1.54) is 0 Å². The highest BCUT2D eigenvalue weighted by Gasteiger charge is 2.16. The van der Waals surface area contributed by atoms with Crippen LogP contribution in [0.5, 0.6) is 0 Å². The number of aliphatic hydroxyl groups is 2. The van der Waals surface area contributed by atoms with Gasteiger partial charge in [0.2, 0.25) is 0 Å². The first-order valence-corrected chi connectivity index (χ1v) is 11.7. The summed E-state index contributed by atoms with van der Waals surface area (Å²) in [6.07, 6.45) is 0. The first-order chi connectivity index (χ1) is 5.89. The van der Waals surface area contributed by atoms with Crippen LogP contribution < -0.4 is 0 Å². The zero-order valence-electron chi connectivity index (χ0n) is 10.3. The van der Waals surface area contributed by atoms with Crippen molar-refractivity contribution in [3.8, 4) is 0 Å². The Morgan fingerprint density at radius 1 is 0.714 bits per heavy atom. The third kappa shape index (κ3) is 9.60. The van der Waals surface area contributed by atoms with Crippen LogP contribution in [0.2, 0.25) is 39.3 Å². The van der Waals surface area contributed by atoms with Gasteiger partial charge in [-0.2, -0.15) is 0 Å². The molecular formula is C10H24O2Si2. The van der Waals surface area contributed by atoms with E-state index in [1.807, 2.05) is 0 Å². The Balaban J connectivity index is 0. The summed E-state index contributed by atoms with van der Waals surface area (Å²) in [5.41, 5.74) is 0. The highest BCUT2D eigenvalue weighted by Crippen LogP contribution is 2.07. The molecule has 0 saturated heterocycles. The average Bonchev–Trinajstić information content (AvgIpc) is 1.83. The molecule has 0 bridgehead atoms. The molecule has 4 heteroatoms. The predicted molar refractivity (Wildman–Crippen MR) is 70.2 cm³/mol. The van der Waals surface area contributed by atoms with Crippen LogP contribution in [-0.2, 0) is 0 Å². The van der Waals surface area contributed by atoms with E-state index in [1.54, 1.807) is 0 Å². The molecule has 0 aliphatic carbocycles. The molecule has 0 aromatic rings. The van der Waals surface area contributed by atoms with Gasteiger partial charge in [-0.05, 0) is 0 Å². The van der Waals surface area contributed by atoms with Crippen LogP contribution >= 0.6 is 0 Å². The second-order valence-corrected chi connectivity index (χ2v) is 15.5. The molecule has 0 atom stereocenters. The highest BCUT2D eigenvalue weighted by molar-refractivity contribution is 6.82. The van der Waals surface area contributed by atoms with Crippen molar-refractivity contribution in [1.29, 1.82) is 0 Å². The Kier molecular flexibility index (Phi) is 6.17. The Hall–Kier alpha value is -0.486. The molecule has 84 valence electrons. The van der Waals surface area contributed by atoms with Crippen LogP contribution in [0.25, 0.3) is 0 Å². The van der Waals surface area contributed by atoms with Crippen LogP contribution in [0.3, 0.4) is 0 Å². The van der Waals surface area contributed by atoms with Crippen LogP contribution in [0, 0.1) is 0 Å². The van der Waals surface area contributed by atoms with Crippen molar-refractivity contribution >= 4 is 16.1 Å². The summed E-state index contributed by atoms with van der Waals surface area (Å²) in [4.78, 5) is 0. The maximum Gasteiger partial charge on any atom is 0.121 e. The number of hydrogen-bond donors (Lipinski definition) is 2. The molecule has 0 unspecified atom stereocenters. The van der Waals surface area contributed by atoms with Gasteiger partial charge in [0.1, 0.15) is 16.1 Å². The van der Waals surface area contributed by atoms with E-state index in [0.29, 0.717) is 10.8 Å². The van der Waals surface area contributed by atoms with Crippen molar-refractivity contribution in [2.45, 2.75) is 39.3 Å². The van der Waals surface area contributed by atoms with E-state index < -0.39 is 16.1 Å². The topological polar surface area (TPSA) is 40.5 Å². The number of rotatable bonds is 2. The smallest absolute Gasteiger partial charge is 0.121 e. The molecule has 2 N–H and O–H groups in total. The molecule has 0 amide bonds. The van der Waals surface area contributed by atoms with Gasteiger partial charge in [0.05, 0.1) is 10.8 Å². The average molecular weight is 232 g/mol. The quantitative estimate of drug-likeness (QED) is 0.560. The summed E-state index contributed by atoms with van der Waals surface area (Å²) in [6.45, 7) is 19.2. The molecule has 2 nitrogen and oxygen atoms in total. The molecular weight excluding hydrogens is 208 g/mol. The fraction of sp³-hybridized carbons (Fsp3) is 0.600. The second kappa shape index (κ2) is 5.41. The zero-order chi connectivity index (χ0) is 12.2. The van der Waals surface area contributed by atoms with Gasteiger partial charge in [-0.3, -0.25) is 0 Å². The molecule has 0 heterocycles. The lowest BCUT2D eigenvalue weighted by atomic mass is 11.2. The summed E-state index contributed by atoms with van der Waals surface area (Å²) in [7, 11) is -2.75. The Morgan fingerprint density at radius 3 is 0.786 bits per heavy atom. The summed E-state index contributed by atoms with van der Waals surface area (Å²) in [5.74, 6) is 0. The predicted octanol–water partition coefficient (Wildman–Crippen LogP) is 3.87. The minimum absolute atomic E-state index is 0.382. The van der Waals surface area contributed by atoms with Crippen molar-refractivity contribution in [2.75, 3.05) is 0 Å². The number of aliphatic hydroxyl groups excluding tert-OH is 2. The fourth-order valence-corrected chi connectivity index (χ4v) is 0. The highest BCUT2D eigenvalue weighted by atomic mass is 28.3. The van der Waals surface area contributed by atoms with Gasteiger partial charge in [-0.15, -0.1) is 0 Å². The van der Waals surface area contributed by atoms with Crippen LogP contribution in [0.15, 0.2) is 23.9 Å². The maximum atomic E-state index is 8.76. The Morgan fingerprint density at radius 2 is 0.786 bits per heavy atom. The molecule has 0 aliphatic rings. The monoisotopic (exact) mass is 232 g/mol. The fourth-order valence-electron chi connectivity index (χ4n) is 0. The van der Waals surface area contributed by atoms with Gasteiger partial charge < -0.3 is 10.2 Å². The third-order valence-corrected chi connectivity index (χ3v) is 5.19. The second-order valence-electron chi connectivity index (χ2n) is 5.39. The minimum Gasteiger partial charge on any atom is -0.518 e. The molecule has 0 saturated carbocycles. The van der Waals surface area contributed by atoms with Crippen molar-refractivity contribution < 1.29 is 10.2 Å². The molecule has 0 rings (SSSR count). The van der Waals surface area contributed by atoms with E-state index in [2.05, 4.69) is 52.4 Å². The van der Waals surface area contributed by atoms with Crippen molar-refractivity contribution in [3.63, 3.8) is 0 Å². The van der Waals surface area contributed by atoms with Gasteiger partial charge >= 0.3 is 0 Å². The molecule has 0 aromatic carbocycles. The Labute approximate surface area is 90.0 Å². The maximum absolute atomic E-state index is 8.76. The lowest BCUT2D eigenvalue weighted by molar-refractivity contribution is 0.446. The third-order valence-electron chi connectivity index (χ3n) is 1.73. The largest absolute Gasteiger partial charge is 0.518 e. The SMILES string of the molecule is C=C(O)[Si](C)(C)C.C=C(O)[Si](C)(C)C. The summed E-state index contributed by atoms with van der Waals surface area (Å²) >= 11 is 0. The normalized spacial score (nSPS) is 11.3. The van der Waals surface area contributed by atoms with Crippen molar-refractivity contribution in [2.24, 2.45) is 0 Å². The standard InChI is InChI=1S/2C5H12OSi/c2*1-5(6)7(2,3)4/h2*6H,1H2,2-4H3. The lowest BCUT2D eigenvalue weighted by Crippen LogP contribution is -2.22. The van der Waals surface area contributed by atoms with Crippen molar-refractivity contribution in [3.05, 3.63) is 23.9 Å². The van der Waals surface area contributed by atoms with E-state index in [4.69, 9.17) is 10.2 Å². The van der Waals surface area contributed by atoms with Crippen molar-refractivity contribution in [1.82, 2.24) is 0 Å².